The first-order valence-electron chi connectivity index (χ1n) is 11.5. The number of nitrogens with one attached hydrogen (secondary N) is 2. The summed E-state index contributed by atoms with van der Waals surface area (Å²) in [6.45, 7) is 4.25. The van der Waals surface area contributed by atoms with Crippen molar-refractivity contribution in [1.82, 2.24) is 10.6 Å². The fourth-order valence-corrected chi connectivity index (χ4v) is 4.69. The molecule has 4 rings (SSSR count). The van der Waals surface area contributed by atoms with Crippen LogP contribution < -0.4 is 10.6 Å². The number of carboxylic acids is 1. The highest BCUT2D eigenvalue weighted by atomic mass is 16.6. The third-order valence-corrected chi connectivity index (χ3v) is 6.37. The van der Waals surface area contributed by atoms with Crippen molar-refractivity contribution in [3.63, 3.8) is 0 Å². The summed E-state index contributed by atoms with van der Waals surface area (Å²) in [6, 6.07) is 15.7. The lowest BCUT2D eigenvalue weighted by Gasteiger charge is -2.25. The summed E-state index contributed by atoms with van der Waals surface area (Å²) in [4.78, 5) is 36.2. The smallest absolute Gasteiger partial charge is 0.407 e. The topological polar surface area (TPSA) is 114 Å². The van der Waals surface area contributed by atoms with Gasteiger partial charge >= 0.3 is 12.1 Å². The minimum Gasteiger partial charge on any atom is -0.481 e. The molecular weight excluding hydrogens is 436 g/mol. The van der Waals surface area contributed by atoms with Crippen LogP contribution in [0.3, 0.4) is 0 Å². The third kappa shape index (κ3) is 5.22. The van der Waals surface area contributed by atoms with E-state index >= 15 is 0 Å². The molecular formula is C26H30N2O6. The van der Waals surface area contributed by atoms with E-state index in [2.05, 4.69) is 34.9 Å². The van der Waals surface area contributed by atoms with Crippen molar-refractivity contribution in [2.75, 3.05) is 19.8 Å². The van der Waals surface area contributed by atoms with E-state index in [-0.39, 0.29) is 31.4 Å². The van der Waals surface area contributed by atoms with Crippen LogP contribution in [0.2, 0.25) is 0 Å². The summed E-state index contributed by atoms with van der Waals surface area (Å²) in [7, 11) is 0. The Bertz CT molecular complexity index is 1040. The monoisotopic (exact) mass is 466 g/mol. The van der Waals surface area contributed by atoms with E-state index in [0.717, 1.165) is 22.3 Å². The van der Waals surface area contributed by atoms with Crippen molar-refractivity contribution in [3.05, 3.63) is 59.7 Å². The average molecular weight is 467 g/mol. The van der Waals surface area contributed by atoms with Crippen LogP contribution in [0.5, 0.6) is 0 Å². The van der Waals surface area contributed by atoms with E-state index < -0.39 is 29.6 Å². The summed E-state index contributed by atoms with van der Waals surface area (Å²) in [5.41, 5.74) is 3.96. The highest BCUT2D eigenvalue weighted by Crippen LogP contribution is 2.44. The van der Waals surface area contributed by atoms with Crippen molar-refractivity contribution >= 4 is 18.0 Å². The normalized spacial score (nSPS) is 19.2. The molecule has 2 amide bonds. The van der Waals surface area contributed by atoms with Crippen LogP contribution in [0.25, 0.3) is 11.1 Å². The highest BCUT2D eigenvalue weighted by Gasteiger charge is 2.37. The van der Waals surface area contributed by atoms with Crippen LogP contribution >= 0.6 is 0 Å². The minimum absolute atomic E-state index is 0.0476. The molecule has 180 valence electrons. The predicted octanol–water partition coefficient (Wildman–Crippen LogP) is 3.30. The zero-order chi connectivity index (χ0) is 24.3. The van der Waals surface area contributed by atoms with Gasteiger partial charge in [-0.25, -0.2) is 4.79 Å². The number of ether oxygens (including phenoxy) is 2. The summed E-state index contributed by atoms with van der Waals surface area (Å²) in [5, 5.41) is 14.5. The lowest BCUT2D eigenvalue weighted by Crippen LogP contribution is -2.50. The average Bonchev–Trinajstić information content (AvgIpc) is 3.38. The Balaban J connectivity index is 1.32. The molecule has 2 aromatic rings. The van der Waals surface area contributed by atoms with E-state index in [1.807, 2.05) is 24.3 Å². The fraction of sp³-hybridized carbons (Fsp3) is 0.423. The van der Waals surface area contributed by atoms with Gasteiger partial charge in [-0.05, 0) is 34.1 Å². The van der Waals surface area contributed by atoms with Gasteiger partial charge in [0.15, 0.2) is 6.10 Å². The number of carboxylic acid groups (broad SMARTS) is 1. The van der Waals surface area contributed by atoms with Gasteiger partial charge in [0.25, 0.3) is 5.91 Å². The van der Waals surface area contributed by atoms with Crippen LogP contribution in [0, 0.1) is 5.41 Å². The lowest BCUT2D eigenvalue weighted by molar-refractivity contribution is -0.140. The molecule has 1 saturated heterocycles. The largest absolute Gasteiger partial charge is 0.481 e. The highest BCUT2D eigenvalue weighted by molar-refractivity contribution is 5.83. The first kappa shape index (κ1) is 23.8. The number of rotatable bonds is 8. The number of alkyl carbamates (subject to hydrolysis) is 1. The molecule has 2 aliphatic rings. The molecule has 0 radical (unpaired) electrons. The Morgan fingerprint density at radius 3 is 2.29 bits per heavy atom. The maximum Gasteiger partial charge on any atom is 0.407 e. The van der Waals surface area contributed by atoms with Crippen molar-refractivity contribution in [1.29, 1.82) is 0 Å². The molecule has 8 heteroatoms. The Kier molecular flexibility index (Phi) is 6.88. The maximum absolute atomic E-state index is 12.6. The molecule has 0 saturated carbocycles. The Labute approximate surface area is 198 Å². The lowest BCUT2D eigenvalue weighted by atomic mass is 9.89. The van der Waals surface area contributed by atoms with E-state index in [9.17, 15) is 14.4 Å². The van der Waals surface area contributed by atoms with E-state index in [4.69, 9.17) is 14.6 Å². The predicted molar refractivity (Wildman–Crippen MR) is 125 cm³/mol. The van der Waals surface area contributed by atoms with Crippen molar-refractivity contribution in [2.45, 2.75) is 44.8 Å². The number of carbonyl (C=O) groups is 3. The van der Waals surface area contributed by atoms with E-state index in [0.29, 0.717) is 13.0 Å². The summed E-state index contributed by atoms with van der Waals surface area (Å²) in [5.74, 6) is -1.35. The van der Waals surface area contributed by atoms with Crippen molar-refractivity contribution < 1.29 is 29.0 Å². The van der Waals surface area contributed by atoms with Crippen molar-refractivity contribution in [3.8, 4) is 11.1 Å². The van der Waals surface area contributed by atoms with E-state index in [1.54, 1.807) is 13.8 Å². The van der Waals surface area contributed by atoms with Gasteiger partial charge < -0.3 is 25.2 Å². The zero-order valence-corrected chi connectivity index (χ0v) is 19.4. The number of benzene rings is 2. The van der Waals surface area contributed by atoms with Crippen LogP contribution in [-0.4, -0.2) is 55.0 Å². The molecule has 2 atom stereocenters. The van der Waals surface area contributed by atoms with Crippen molar-refractivity contribution in [2.24, 2.45) is 5.41 Å². The first-order valence-corrected chi connectivity index (χ1v) is 11.5. The zero-order valence-electron chi connectivity index (χ0n) is 19.4. The third-order valence-electron chi connectivity index (χ3n) is 6.37. The Hall–Kier alpha value is -3.39. The number of amides is 2. The molecule has 1 heterocycles. The van der Waals surface area contributed by atoms with Gasteiger partial charge in [0.2, 0.25) is 0 Å². The van der Waals surface area contributed by atoms with Crippen LogP contribution in [0.15, 0.2) is 48.5 Å². The quantitative estimate of drug-likeness (QED) is 0.550. The number of hydrogen-bond acceptors (Lipinski definition) is 5. The second-order valence-corrected chi connectivity index (χ2v) is 9.61. The summed E-state index contributed by atoms with van der Waals surface area (Å²) < 4.78 is 11.1. The second kappa shape index (κ2) is 9.85. The first-order chi connectivity index (χ1) is 16.2. The molecule has 8 nitrogen and oxygen atoms in total. The Morgan fingerprint density at radius 2 is 1.68 bits per heavy atom. The molecule has 0 bridgehead atoms. The number of hydrogen-bond donors (Lipinski definition) is 3. The van der Waals surface area contributed by atoms with Gasteiger partial charge in [0.05, 0.1) is 12.5 Å². The molecule has 0 unspecified atom stereocenters. The maximum atomic E-state index is 12.6. The van der Waals surface area contributed by atoms with Gasteiger partial charge in [-0.15, -0.1) is 0 Å². The fourth-order valence-electron chi connectivity index (χ4n) is 4.69. The Morgan fingerprint density at radius 1 is 1.06 bits per heavy atom. The number of aliphatic carboxylic acids is 1. The van der Waals surface area contributed by atoms with Gasteiger partial charge in [-0.1, -0.05) is 62.4 Å². The molecule has 0 aromatic heterocycles. The van der Waals surface area contributed by atoms with E-state index in [1.165, 1.54) is 0 Å². The second-order valence-electron chi connectivity index (χ2n) is 9.61. The molecule has 1 fully saturated rings. The van der Waals surface area contributed by atoms with Crippen LogP contribution in [0.1, 0.15) is 43.7 Å². The van der Waals surface area contributed by atoms with Gasteiger partial charge in [-0.3, -0.25) is 9.59 Å². The van der Waals surface area contributed by atoms with Gasteiger partial charge in [0, 0.05) is 19.1 Å². The van der Waals surface area contributed by atoms with Gasteiger partial charge in [0.1, 0.15) is 6.61 Å². The molecule has 2 aromatic carbocycles. The molecule has 0 spiro atoms. The molecule has 3 N–H and O–H groups in total. The minimum atomic E-state index is -0.925. The molecule has 1 aliphatic heterocycles. The molecule has 34 heavy (non-hydrogen) atoms. The van der Waals surface area contributed by atoms with Crippen LogP contribution in [0.4, 0.5) is 4.79 Å². The van der Waals surface area contributed by atoms with Crippen LogP contribution in [-0.2, 0) is 19.1 Å². The summed E-state index contributed by atoms with van der Waals surface area (Å²) >= 11 is 0. The standard InChI is InChI=1S/C26H30N2O6/c1-26(2,13-22(29)30)15-27-24(31)23-21(11-12-33-23)28-25(32)34-14-20-18-9-5-3-7-16(18)17-8-4-6-10-19(17)20/h3-10,20-21,23H,11-15H2,1-2H3,(H,27,31)(H,28,32)(H,29,30)/t21-,23+/m1/s1. The van der Waals surface area contributed by atoms with Gasteiger partial charge in [-0.2, -0.15) is 0 Å². The number of fused-ring (bicyclic) bond motifs is 3. The SMILES string of the molecule is CC(C)(CNC(=O)[C@H]1OCC[C@H]1NC(=O)OCC1c2ccccc2-c2ccccc21)CC(=O)O. The summed E-state index contributed by atoms with van der Waals surface area (Å²) in [6.07, 6.45) is -1.02. The number of carbonyl (C=O) groups excluding carboxylic acids is 2. The molecule has 1 aliphatic carbocycles.